The lowest BCUT2D eigenvalue weighted by atomic mass is 9.94. The van der Waals surface area contributed by atoms with Gasteiger partial charge in [-0.1, -0.05) is 30.3 Å². The van der Waals surface area contributed by atoms with Gasteiger partial charge < -0.3 is 19.3 Å². The number of nitrogens with zero attached hydrogens (tertiary/aromatic N) is 3. The minimum atomic E-state index is -0.381. The molecule has 3 aromatic rings. The van der Waals surface area contributed by atoms with E-state index in [2.05, 4.69) is 36.8 Å². The van der Waals surface area contributed by atoms with Gasteiger partial charge in [0.25, 0.3) is 0 Å². The second kappa shape index (κ2) is 9.54. The molecule has 0 saturated carbocycles. The number of phenols is 1. The fraction of sp³-hybridized carbons (Fsp3) is 0.304. The zero-order valence-electron chi connectivity index (χ0n) is 17.1. The number of hydrogen-bond donors (Lipinski definition) is 1. The molecule has 1 aliphatic heterocycles. The quantitative estimate of drug-likeness (QED) is 0.487. The van der Waals surface area contributed by atoms with Crippen molar-refractivity contribution in [3.8, 4) is 5.75 Å². The summed E-state index contributed by atoms with van der Waals surface area (Å²) in [6.45, 7) is 1.45. The molecule has 31 heavy (non-hydrogen) atoms. The van der Waals surface area contributed by atoms with Crippen LogP contribution in [-0.2, 0) is 35.7 Å². The molecule has 0 saturated heterocycles. The van der Waals surface area contributed by atoms with E-state index in [-0.39, 0.29) is 17.6 Å². The van der Waals surface area contributed by atoms with Crippen molar-refractivity contribution in [3.63, 3.8) is 0 Å². The highest BCUT2D eigenvalue weighted by atomic mass is 79.9. The first-order chi connectivity index (χ1) is 14.9. The maximum absolute atomic E-state index is 13.3. The standard InChI is InChI=1S/C23H23Br2N3O3/c1-27-8-7-20-21(28(13-26-20)14-31-12-15-5-3-2-4-6-15)17(23(27)30)9-16-10-18(24)22(29)19(25)11-16/h2-6,10-11,13,17,29H,7-9,12,14H2,1H3. The van der Waals surface area contributed by atoms with Crippen molar-refractivity contribution in [2.24, 2.45) is 0 Å². The second-order valence-corrected chi connectivity index (χ2v) is 9.39. The van der Waals surface area contributed by atoms with Gasteiger partial charge >= 0.3 is 0 Å². The van der Waals surface area contributed by atoms with Crippen LogP contribution < -0.4 is 0 Å². The van der Waals surface area contributed by atoms with Gasteiger partial charge in [-0.2, -0.15) is 0 Å². The summed E-state index contributed by atoms with van der Waals surface area (Å²) < 4.78 is 9.06. The topological polar surface area (TPSA) is 67.6 Å². The van der Waals surface area contributed by atoms with Gasteiger partial charge in [-0.05, 0) is 61.5 Å². The van der Waals surface area contributed by atoms with Crippen LogP contribution in [0.1, 0.15) is 28.4 Å². The number of aromatic nitrogens is 2. The average molecular weight is 549 g/mol. The Hall–Kier alpha value is -2.16. The van der Waals surface area contributed by atoms with Crippen molar-refractivity contribution in [3.05, 3.63) is 80.3 Å². The lowest BCUT2D eigenvalue weighted by Crippen LogP contribution is -2.32. The summed E-state index contributed by atoms with van der Waals surface area (Å²) in [6, 6.07) is 13.7. The molecule has 2 heterocycles. The number of benzene rings is 2. The Morgan fingerprint density at radius 2 is 1.87 bits per heavy atom. The van der Waals surface area contributed by atoms with Gasteiger partial charge in [0.05, 0.1) is 39.2 Å². The van der Waals surface area contributed by atoms with Crippen LogP contribution in [0.5, 0.6) is 5.75 Å². The number of aromatic hydroxyl groups is 1. The monoisotopic (exact) mass is 547 g/mol. The molecule has 0 fully saturated rings. The number of rotatable bonds is 6. The molecule has 0 spiro atoms. The number of carbonyl (C=O) groups is 1. The van der Waals surface area contributed by atoms with Crippen LogP contribution in [0.25, 0.3) is 0 Å². The van der Waals surface area contributed by atoms with E-state index >= 15 is 0 Å². The van der Waals surface area contributed by atoms with Crippen molar-refractivity contribution in [1.82, 2.24) is 14.5 Å². The largest absolute Gasteiger partial charge is 0.506 e. The number of fused-ring (bicyclic) bond motifs is 1. The summed E-state index contributed by atoms with van der Waals surface area (Å²) in [6.07, 6.45) is 2.98. The molecule has 1 aromatic heterocycles. The van der Waals surface area contributed by atoms with Crippen LogP contribution in [0.4, 0.5) is 0 Å². The third-order valence-corrected chi connectivity index (χ3v) is 6.71. The Labute approximate surface area is 198 Å². The molecule has 1 unspecified atom stereocenters. The third-order valence-electron chi connectivity index (χ3n) is 5.50. The molecule has 4 rings (SSSR count). The minimum Gasteiger partial charge on any atom is -0.506 e. The Morgan fingerprint density at radius 1 is 1.16 bits per heavy atom. The van der Waals surface area contributed by atoms with Crippen molar-refractivity contribution in [1.29, 1.82) is 0 Å². The predicted molar refractivity (Wildman–Crippen MR) is 125 cm³/mol. The van der Waals surface area contributed by atoms with Crippen molar-refractivity contribution in [2.75, 3.05) is 13.6 Å². The van der Waals surface area contributed by atoms with E-state index in [9.17, 15) is 9.90 Å². The van der Waals surface area contributed by atoms with E-state index in [1.807, 2.05) is 54.1 Å². The Bertz CT molecular complexity index is 1060. The summed E-state index contributed by atoms with van der Waals surface area (Å²) in [7, 11) is 1.83. The molecule has 1 amide bonds. The smallest absolute Gasteiger partial charge is 0.231 e. The number of imidazole rings is 1. The third kappa shape index (κ3) is 4.86. The fourth-order valence-corrected chi connectivity index (χ4v) is 5.17. The Morgan fingerprint density at radius 3 is 2.58 bits per heavy atom. The van der Waals surface area contributed by atoms with Gasteiger partial charge in [0.1, 0.15) is 12.5 Å². The Kier molecular flexibility index (Phi) is 6.79. The molecule has 1 aliphatic rings. The molecule has 0 aliphatic carbocycles. The molecule has 6 nitrogen and oxygen atoms in total. The summed E-state index contributed by atoms with van der Waals surface area (Å²) in [5, 5.41) is 10.0. The average Bonchev–Trinajstić information content (AvgIpc) is 3.12. The SMILES string of the molecule is CN1CCc2ncn(COCc3ccccc3)c2C(Cc2cc(Br)c(O)c(Br)c2)C1=O. The first kappa shape index (κ1) is 22.0. The van der Waals surface area contributed by atoms with Crippen molar-refractivity contribution >= 4 is 37.8 Å². The minimum absolute atomic E-state index is 0.0591. The number of likely N-dealkylation sites (N-methyl/N-ethyl adjacent to an activating group) is 1. The number of amides is 1. The zero-order valence-corrected chi connectivity index (χ0v) is 20.3. The van der Waals surface area contributed by atoms with E-state index in [1.165, 1.54) is 0 Å². The lowest BCUT2D eigenvalue weighted by molar-refractivity contribution is -0.131. The first-order valence-corrected chi connectivity index (χ1v) is 11.6. The van der Waals surface area contributed by atoms with Gasteiger partial charge in [0.15, 0.2) is 0 Å². The van der Waals surface area contributed by atoms with E-state index < -0.39 is 0 Å². The Balaban J connectivity index is 1.61. The molecule has 162 valence electrons. The van der Waals surface area contributed by atoms with Gasteiger partial charge in [-0.3, -0.25) is 4.79 Å². The summed E-state index contributed by atoms with van der Waals surface area (Å²) in [5.74, 6) is -0.175. The van der Waals surface area contributed by atoms with E-state index in [1.54, 1.807) is 11.2 Å². The molecule has 2 aromatic carbocycles. The van der Waals surface area contributed by atoms with Crippen LogP contribution in [-0.4, -0.2) is 39.1 Å². The van der Waals surface area contributed by atoms with E-state index in [0.29, 0.717) is 41.7 Å². The highest BCUT2D eigenvalue weighted by Crippen LogP contribution is 2.36. The maximum atomic E-state index is 13.3. The summed E-state index contributed by atoms with van der Waals surface area (Å²) >= 11 is 6.77. The maximum Gasteiger partial charge on any atom is 0.231 e. The van der Waals surface area contributed by atoms with Gasteiger partial charge in [0.2, 0.25) is 5.91 Å². The molecule has 0 radical (unpaired) electrons. The highest BCUT2D eigenvalue weighted by molar-refractivity contribution is 9.11. The number of halogens is 2. The van der Waals surface area contributed by atoms with E-state index in [0.717, 1.165) is 22.5 Å². The fourth-order valence-electron chi connectivity index (χ4n) is 3.89. The van der Waals surface area contributed by atoms with Gasteiger partial charge in [0, 0.05) is 20.0 Å². The summed E-state index contributed by atoms with van der Waals surface area (Å²) in [4.78, 5) is 19.6. The molecule has 8 heteroatoms. The molecular weight excluding hydrogens is 526 g/mol. The van der Waals surface area contributed by atoms with Crippen LogP contribution in [0.15, 0.2) is 57.7 Å². The van der Waals surface area contributed by atoms with Crippen molar-refractivity contribution in [2.45, 2.75) is 32.1 Å². The van der Waals surface area contributed by atoms with Gasteiger partial charge in [-0.15, -0.1) is 0 Å². The molecule has 1 N–H and O–H groups in total. The normalized spacial score (nSPS) is 16.3. The van der Waals surface area contributed by atoms with Crippen molar-refractivity contribution < 1.29 is 14.6 Å². The molecule has 0 bridgehead atoms. The number of ether oxygens (including phenoxy) is 1. The number of carbonyl (C=O) groups excluding carboxylic acids is 1. The van der Waals surface area contributed by atoms with Crippen LogP contribution >= 0.6 is 31.9 Å². The number of hydrogen-bond acceptors (Lipinski definition) is 4. The zero-order chi connectivity index (χ0) is 22.0. The summed E-state index contributed by atoms with van der Waals surface area (Å²) in [5.41, 5.74) is 3.87. The highest BCUT2D eigenvalue weighted by Gasteiger charge is 2.33. The second-order valence-electron chi connectivity index (χ2n) is 7.68. The van der Waals surface area contributed by atoms with Crippen LogP contribution in [0, 0.1) is 0 Å². The molecule has 1 atom stereocenters. The molecular formula is C23H23Br2N3O3. The van der Waals surface area contributed by atoms with E-state index in [4.69, 9.17) is 4.74 Å². The lowest BCUT2D eigenvalue weighted by Gasteiger charge is -2.22. The predicted octanol–water partition coefficient (Wildman–Crippen LogP) is 4.63. The van der Waals surface area contributed by atoms with Gasteiger partial charge in [-0.25, -0.2) is 4.98 Å². The van der Waals surface area contributed by atoms with Crippen LogP contribution in [0.3, 0.4) is 0 Å². The van der Waals surface area contributed by atoms with Crippen LogP contribution in [0.2, 0.25) is 0 Å². The first-order valence-electron chi connectivity index (χ1n) is 10.0. The number of phenolic OH excluding ortho intramolecular Hbond substituents is 1.